The van der Waals surface area contributed by atoms with E-state index in [0.29, 0.717) is 17.8 Å². The number of rotatable bonds is 5. The van der Waals surface area contributed by atoms with Crippen LogP contribution in [0.15, 0.2) is 0 Å². The van der Waals surface area contributed by atoms with Crippen molar-refractivity contribution in [3.8, 4) is 0 Å². The Morgan fingerprint density at radius 3 is 2.04 bits per heavy atom. The van der Waals surface area contributed by atoms with E-state index in [2.05, 4.69) is 0 Å². The maximum Gasteiger partial charge on any atom is 0.405 e. The molecule has 0 N–H and O–H groups in total. The molecule has 0 radical (unpaired) electrons. The van der Waals surface area contributed by atoms with Gasteiger partial charge in [-0.05, 0) is 66.6 Å². The molecule has 6 unspecified atom stereocenters. The molecule has 0 aromatic heterocycles. The molecule has 162 valence electrons. The van der Waals surface area contributed by atoms with Crippen molar-refractivity contribution in [1.29, 1.82) is 0 Å². The second-order valence-electron chi connectivity index (χ2n) is 11.6. The molecule has 28 heavy (non-hydrogen) atoms. The molecule has 4 saturated carbocycles. The van der Waals surface area contributed by atoms with Crippen LogP contribution < -0.4 is 0 Å². The third-order valence-corrected chi connectivity index (χ3v) is 7.33. The molecule has 6 heteroatoms. The van der Waals surface area contributed by atoms with E-state index in [1.807, 2.05) is 0 Å². The van der Waals surface area contributed by atoms with Crippen LogP contribution in [0.25, 0.3) is 0 Å². The van der Waals surface area contributed by atoms with Crippen molar-refractivity contribution in [3.05, 3.63) is 0 Å². The van der Waals surface area contributed by atoms with Crippen LogP contribution in [0.2, 0.25) is 0 Å². The SMILES string of the molecule is CC(C)(C)CC(C(=O)OCOC1C2CC3CC(C2)C1C3)(C(C)(C)C)C(F)(F)F. The fourth-order valence-electron chi connectivity index (χ4n) is 6.30. The van der Waals surface area contributed by atoms with Gasteiger partial charge in [0, 0.05) is 0 Å². The van der Waals surface area contributed by atoms with Crippen molar-refractivity contribution in [3.63, 3.8) is 0 Å². The fourth-order valence-corrected chi connectivity index (χ4v) is 6.30. The maximum atomic E-state index is 14.3. The van der Waals surface area contributed by atoms with Gasteiger partial charge in [0.25, 0.3) is 0 Å². The van der Waals surface area contributed by atoms with Crippen molar-refractivity contribution in [1.82, 2.24) is 0 Å². The monoisotopic (exact) mass is 404 g/mol. The zero-order chi connectivity index (χ0) is 21.1. The van der Waals surface area contributed by atoms with Crippen molar-refractivity contribution in [2.45, 2.75) is 85.9 Å². The molecular weight excluding hydrogens is 369 g/mol. The lowest BCUT2D eigenvalue weighted by Gasteiger charge is -2.46. The van der Waals surface area contributed by atoms with E-state index < -0.39 is 28.4 Å². The first-order chi connectivity index (χ1) is 12.7. The number of carbonyl (C=O) groups excluding carboxylic acids is 1. The molecule has 0 saturated heterocycles. The minimum Gasteiger partial charge on any atom is -0.438 e. The number of alkyl halides is 3. The Bertz CT molecular complexity index is 582. The molecule has 3 nitrogen and oxygen atoms in total. The van der Waals surface area contributed by atoms with Crippen LogP contribution in [-0.2, 0) is 14.3 Å². The molecule has 0 aliphatic heterocycles. The van der Waals surface area contributed by atoms with Gasteiger partial charge in [0.05, 0.1) is 6.10 Å². The molecule has 0 spiro atoms. The Balaban J connectivity index is 1.71. The van der Waals surface area contributed by atoms with E-state index in [0.717, 1.165) is 25.2 Å². The normalized spacial score (nSPS) is 34.5. The average Bonchev–Trinajstić information content (AvgIpc) is 2.90. The third-order valence-electron chi connectivity index (χ3n) is 7.33. The second-order valence-corrected chi connectivity index (χ2v) is 11.6. The molecule has 4 aliphatic rings. The zero-order valence-corrected chi connectivity index (χ0v) is 18.0. The average molecular weight is 405 g/mol. The Kier molecular flexibility index (Phi) is 5.39. The molecular formula is C22H35F3O3. The zero-order valence-electron chi connectivity index (χ0n) is 18.0. The summed E-state index contributed by atoms with van der Waals surface area (Å²) in [6.45, 7) is 9.15. The molecule has 0 aromatic rings. The number of carbonyl (C=O) groups is 1. The summed E-state index contributed by atoms with van der Waals surface area (Å²) in [5.41, 5.74) is -4.60. The van der Waals surface area contributed by atoms with Gasteiger partial charge in [-0.3, -0.25) is 4.79 Å². The number of ether oxygens (including phenoxy) is 2. The molecule has 0 amide bonds. The molecule has 0 heterocycles. The van der Waals surface area contributed by atoms with Gasteiger partial charge in [0.2, 0.25) is 0 Å². The minimum atomic E-state index is -4.71. The van der Waals surface area contributed by atoms with Crippen LogP contribution >= 0.6 is 0 Å². The Morgan fingerprint density at radius 1 is 0.929 bits per heavy atom. The molecule has 6 atom stereocenters. The highest BCUT2D eigenvalue weighted by Gasteiger charge is 2.68. The lowest BCUT2D eigenvalue weighted by atomic mass is 9.59. The van der Waals surface area contributed by atoms with Crippen molar-refractivity contribution >= 4 is 5.97 Å². The number of hydrogen-bond acceptors (Lipinski definition) is 3. The lowest BCUT2D eigenvalue weighted by Crippen LogP contribution is -2.56. The minimum absolute atomic E-state index is 0.0362. The Labute approximate surface area is 166 Å². The summed E-state index contributed by atoms with van der Waals surface area (Å²) in [6.07, 6.45) is -0.298. The molecule has 0 aromatic carbocycles. The summed E-state index contributed by atoms with van der Waals surface area (Å²) in [7, 11) is 0. The highest BCUT2D eigenvalue weighted by Crippen LogP contribution is 2.59. The van der Waals surface area contributed by atoms with E-state index >= 15 is 0 Å². The van der Waals surface area contributed by atoms with E-state index in [4.69, 9.17) is 9.47 Å². The highest BCUT2D eigenvalue weighted by atomic mass is 19.4. The topological polar surface area (TPSA) is 35.5 Å². The standard InChI is InChI=1S/C22H35F3O3/c1-19(2,3)11-21(20(4,5)6,22(23,24)25)18(26)28-12-27-17-15-8-13-7-14(10-15)16(17)9-13/h13-17H,7-12H2,1-6H3. The predicted octanol–water partition coefficient (Wildman–Crippen LogP) is 5.97. The first-order valence-electron chi connectivity index (χ1n) is 10.5. The van der Waals surface area contributed by atoms with E-state index in [-0.39, 0.29) is 19.3 Å². The van der Waals surface area contributed by atoms with Gasteiger partial charge in [0.15, 0.2) is 12.2 Å². The first-order valence-corrected chi connectivity index (χ1v) is 10.5. The highest BCUT2D eigenvalue weighted by molar-refractivity contribution is 5.79. The molecule has 4 aliphatic carbocycles. The van der Waals surface area contributed by atoms with Crippen LogP contribution in [0.1, 0.15) is 73.6 Å². The van der Waals surface area contributed by atoms with Gasteiger partial charge in [-0.1, -0.05) is 41.5 Å². The first kappa shape index (κ1) is 21.9. The predicted molar refractivity (Wildman–Crippen MR) is 100 cm³/mol. The van der Waals surface area contributed by atoms with Crippen molar-refractivity contribution in [2.75, 3.05) is 6.79 Å². The quantitative estimate of drug-likeness (QED) is 0.418. The van der Waals surface area contributed by atoms with E-state index in [9.17, 15) is 18.0 Å². The number of esters is 1. The van der Waals surface area contributed by atoms with Gasteiger partial charge in [0.1, 0.15) is 0 Å². The van der Waals surface area contributed by atoms with Gasteiger partial charge in [-0.25, -0.2) is 0 Å². The Hall–Kier alpha value is -0.780. The van der Waals surface area contributed by atoms with Crippen LogP contribution in [0.3, 0.4) is 0 Å². The van der Waals surface area contributed by atoms with Crippen LogP contribution in [0.4, 0.5) is 13.2 Å². The lowest BCUT2D eigenvalue weighted by molar-refractivity contribution is -0.274. The fraction of sp³-hybridized carbons (Fsp3) is 0.955. The summed E-state index contributed by atoms with van der Waals surface area (Å²) in [6, 6.07) is 0. The summed E-state index contributed by atoms with van der Waals surface area (Å²) < 4.78 is 53.9. The third kappa shape index (κ3) is 3.70. The summed E-state index contributed by atoms with van der Waals surface area (Å²) in [4.78, 5) is 12.9. The van der Waals surface area contributed by atoms with Crippen molar-refractivity contribution < 1.29 is 27.4 Å². The van der Waals surface area contributed by atoms with Crippen LogP contribution in [0.5, 0.6) is 0 Å². The molecule has 4 rings (SSSR count). The molecule has 4 fully saturated rings. The Morgan fingerprint density at radius 2 is 1.54 bits per heavy atom. The maximum absolute atomic E-state index is 14.3. The number of hydrogen-bond donors (Lipinski definition) is 0. The van der Waals surface area contributed by atoms with E-state index in [1.54, 1.807) is 20.8 Å². The van der Waals surface area contributed by atoms with Gasteiger partial charge in [-0.2, -0.15) is 13.2 Å². The second kappa shape index (κ2) is 6.88. The summed E-state index contributed by atoms with van der Waals surface area (Å²) >= 11 is 0. The van der Waals surface area contributed by atoms with Gasteiger partial charge < -0.3 is 9.47 Å². The van der Waals surface area contributed by atoms with Crippen LogP contribution in [-0.4, -0.2) is 25.0 Å². The summed E-state index contributed by atoms with van der Waals surface area (Å²) in [5.74, 6) is 1.24. The van der Waals surface area contributed by atoms with Crippen LogP contribution in [0, 0.1) is 39.9 Å². The largest absolute Gasteiger partial charge is 0.438 e. The smallest absolute Gasteiger partial charge is 0.405 e. The van der Waals surface area contributed by atoms with Crippen molar-refractivity contribution in [2.24, 2.45) is 39.9 Å². The number of halogens is 3. The van der Waals surface area contributed by atoms with Gasteiger partial charge >= 0.3 is 12.1 Å². The van der Waals surface area contributed by atoms with E-state index in [1.165, 1.54) is 27.2 Å². The molecule has 4 bridgehead atoms. The summed E-state index contributed by atoms with van der Waals surface area (Å²) in [5, 5.41) is 0. The van der Waals surface area contributed by atoms with Gasteiger partial charge in [-0.15, -0.1) is 0 Å².